The van der Waals surface area contributed by atoms with E-state index < -0.39 is 5.97 Å². The van der Waals surface area contributed by atoms with Crippen LogP contribution in [0, 0.1) is 0 Å². The molecule has 0 aliphatic carbocycles. The summed E-state index contributed by atoms with van der Waals surface area (Å²) in [6.07, 6.45) is 0.788. The maximum absolute atomic E-state index is 11.6. The molecule has 0 saturated heterocycles. The number of rotatable bonds is 5. The Morgan fingerprint density at radius 3 is 2.75 bits per heavy atom. The summed E-state index contributed by atoms with van der Waals surface area (Å²) < 4.78 is 10.3. The SMILES string of the molecule is CCCOC(=O)c1cccc(OCC)c1N. The third kappa shape index (κ3) is 2.89. The molecule has 0 atom stereocenters. The summed E-state index contributed by atoms with van der Waals surface area (Å²) in [4.78, 5) is 11.6. The fraction of sp³-hybridized carbons (Fsp3) is 0.417. The lowest BCUT2D eigenvalue weighted by molar-refractivity contribution is 0.0506. The van der Waals surface area contributed by atoms with Crippen LogP contribution in [0.1, 0.15) is 30.6 Å². The molecule has 1 rings (SSSR count). The zero-order chi connectivity index (χ0) is 12.0. The number of para-hydroxylation sites is 1. The van der Waals surface area contributed by atoms with Crippen LogP contribution >= 0.6 is 0 Å². The number of carbonyl (C=O) groups is 1. The van der Waals surface area contributed by atoms with Crippen LogP contribution in [0.3, 0.4) is 0 Å². The van der Waals surface area contributed by atoms with E-state index in [1.54, 1.807) is 18.2 Å². The summed E-state index contributed by atoms with van der Waals surface area (Å²) in [7, 11) is 0. The summed E-state index contributed by atoms with van der Waals surface area (Å²) in [5, 5.41) is 0. The Morgan fingerprint density at radius 1 is 1.38 bits per heavy atom. The van der Waals surface area contributed by atoms with Crippen LogP contribution in [0.5, 0.6) is 5.75 Å². The zero-order valence-electron chi connectivity index (χ0n) is 9.66. The van der Waals surface area contributed by atoms with E-state index in [1.807, 2.05) is 13.8 Å². The zero-order valence-corrected chi connectivity index (χ0v) is 9.66. The van der Waals surface area contributed by atoms with Gasteiger partial charge in [-0.3, -0.25) is 0 Å². The van der Waals surface area contributed by atoms with Gasteiger partial charge >= 0.3 is 5.97 Å². The van der Waals surface area contributed by atoms with Crippen molar-refractivity contribution < 1.29 is 14.3 Å². The predicted octanol–water partition coefficient (Wildman–Crippen LogP) is 2.23. The molecule has 0 aromatic heterocycles. The average molecular weight is 223 g/mol. The molecule has 0 amide bonds. The van der Waals surface area contributed by atoms with Crippen LogP contribution in [-0.4, -0.2) is 19.2 Å². The van der Waals surface area contributed by atoms with Gasteiger partial charge in [0, 0.05) is 0 Å². The first-order valence-electron chi connectivity index (χ1n) is 5.39. The number of hydrogen-bond acceptors (Lipinski definition) is 4. The molecule has 4 heteroatoms. The minimum Gasteiger partial charge on any atom is -0.492 e. The number of anilines is 1. The second-order valence-corrected chi connectivity index (χ2v) is 3.29. The Kier molecular flexibility index (Phi) is 4.64. The normalized spacial score (nSPS) is 9.88. The van der Waals surface area contributed by atoms with Crippen molar-refractivity contribution in [3.8, 4) is 5.75 Å². The molecule has 0 fully saturated rings. The van der Waals surface area contributed by atoms with Crippen molar-refractivity contribution in [3.63, 3.8) is 0 Å². The number of esters is 1. The number of benzene rings is 1. The molecular weight excluding hydrogens is 206 g/mol. The lowest BCUT2D eigenvalue weighted by Gasteiger charge is -2.10. The molecule has 1 aromatic rings. The second kappa shape index (κ2) is 6.00. The Balaban J connectivity index is 2.87. The number of nitrogen functional groups attached to an aromatic ring is 1. The third-order valence-electron chi connectivity index (χ3n) is 2.02. The van der Waals surface area contributed by atoms with E-state index in [0.717, 1.165) is 6.42 Å². The van der Waals surface area contributed by atoms with Crippen molar-refractivity contribution in [2.45, 2.75) is 20.3 Å². The van der Waals surface area contributed by atoms with E-state index >= 15 is 0 Å². The Labute approximate surface area is 95.3 Å². The van der Waals surface area contributed by atoms with Crippen molar-refractivity contribution in [1.82, 2.24) is 0 Å². The van der Waals surface area contributed by atoms with Gasteiger partial charge in [0.2, 0.25) is 0 Å². The highest BCUT2D eigenvalue weighted by atomic mass is 16.5. The van der Waals surface area contributed by atoms with Gasteiger partial charge in [-0.25, -0.2) is 4.79 Å². The van der Waals surface area contributed by atoms with Gasteiger partial charge < -0.3 is 15.2 Å². The van der Waals surface area contributed by atoms with E-state index in [9.17, 15) is 4.79 Å². The van der Waals surface area contributed by atoms with E-state index in [4.69, 9.17) is 15.2 Å². The largest absolute Gasteiger partial charge is 0.492 e. The van der Waals surface area contributed by atoms with Crippen LogP contribution in [-0.2, 0) is 4.74 Å². The van der Waals surface area contributed by atoms with Crippen molar-refractivity contribution in [2.75, 3.05) is 18.9 Å². The van der Waals surface area contributed by atoms with E-state index in [2.05, 4.69) is 0 Å². The van der Waals surface area contributed by atoms with E-state index in [1.165, 1.54) is 0 Å². The number of ether oxygens (including phenoxy) is 2. The molecule has 0 spiro atoms. The van der Waals surface area contributed by atoms with Crippen LogP contribution in [0.4, 0.5) is 5.69 Å². The average Bonchev–Trinajstić information content (AvgIpc) is 2.29. The van der Waals surface area contributed by atoms with Gasteiger partial charge in [0.25, 0.3) is 0 Å². The fourth-order valence-electron chi connectivity index (χ4n) is 1.28. The molecule has 0 aliphatic rings. The predicted molar refractivity (Wildman–Crippen MR) is 62.6 cm³/mol. The van der Waals surface area contributed by atoms with Gasteiger partial charge in [-0.1, -0.05) is 13.0 Å². The molecule has 1 aromatic carbocycles. The van der Waals surface area contributed by atoms with Crippen LogP contribution in [0.15, 0.2) is 18.2 Å². The van der Waals surface area contributed by atoms with Crippen molar-refractivity contribution >= 4 is 11.7 Å². The van der Waals surface area contributed by atoms with Crippen molar-refractivity contribution in [3.05, 3.63) is 23.8 Å². The summed E-state index contributed by atoms with van der Waals surface area (Å²) in [5.74, 6) is 0.120. The minimum absolute atomic E-state index is 0.338. The third-order valence-corrected chi connectivity index (χ3v) is 2.02. The van der Waals surface area contributed by atoms with Gasteiger partial charge in [0.1, 0.15) is 5.75 Å². The molecule has 2 N–H and O–H groups in total. The molecule has 16 heavy (non-hydrogen) atoms. The van der Waals surface area contributed by atoms with Crippen LogP contribution in [0.25, 0.3) is 0 Å². The highest BCUT2D eigenvalue weighted by Crippen LogP contribution is 2.25. The van der Waals surface area contributed by atoms with Gasteiger partial charge in [-0.05, 0) is 25.5 Å². The van der Waals surface area contributed by atoms with E-state index in [0.29, 0.717) is 30.2 Å². The Bertz CT molecular complexity index is 363. The summed E-state index contributed by atoms with van der Waals surface area (Å²) in [6, 6.07) is 5.09. The van der Waals surface area contributed by atoms with E-state index in [-0.39, 0.29) is 0 Å². The molecule has 0 aliphatic heterocycles. The highest BCUT2D eigenvalue weighted by molar-refractivity contribution is 5.96. The first-order valence-corrected chi connectivity index (χ1v) is 5.39. The Morgan fingerprint density at radius 2 is 2.12 bits per heavy atom. The van der Waals surface area contributed by atoms with Gasteiger partial charge in [-0.2, -0.15) is 0 Å². The standard InChI is InChI=1S/C12H17NO3/c1-3-8-16-12(14)9-6-5-7-10(11(9)13)15-4-2/h5-7H,3-4,8,13H2,1-2H3. The van der Waals surface area contributed by atoms with Crippen LogP contribution in [0.2, 0.25) is 0 Å². The number of hydrogen-bond donors (Lipinski definition) is 1. The number of carbonyl (C=O) groups excluding carboxylic acids is 1. The monoisotopic (exact) mass is 223 g/mol. The maximum Gasteiger partial charge on any atom is 0.340 e. The van der Waals surface area contributed by atoms with Crippen LogP contribution < -0.4 is 10.5 Å². The minimum atomic E-state index is -0.402. The molecule has 0 radical (unpaired) electrons. The summed E-state index contributed by atoms with van der Waals surface area (Å²) >= 11 is 0. The molecular formula is C12H17NO3. The molecule has 4 nitrogen and oxygen atoms in total. The maximum atomic E-state index is 11.6. The summed E-state index contributed by atoms with van der Waals surface area (Å²) in [5.41, 5.74) is 6.52. The molecule has 0 saturated carbocycles. The van der Waals surface area contributed by atoms with Crippen molar-refractivity contribution in [1.29, 1.82) is 0 Å². The number of nitrogens with two attached hydrogens (primary N) is 1. The highest BCUT2D eigenvalue weighted by Gasteiger charge is 2.13. The topological polar surface area (TPSA) is 61.5 Å². The molecule has 0 bridgehead atoms. The lowest BCUT2D eigenvalue weighted by Crippen LogP contribution is -2.10. The van der Waals surface area contributed by atoms with Gasteiger partial charge in [0.05, 0.1) is 24.5 Å². The molecule has 0 heterocycles. The Hall–Kier alpha value is -1.71. The summed E-state index contributed by atoms with van der Waals surface area (Å²) in [6.45, 7) is 4.71. The van der Waals surface area contributed by atoms with Gasteiger partial charge in [-0.15, -0.1) is 0 Å². The second-order valence-electron chi connectivity index (χ2n) is 3.29. The quantitative estimate of drug-likeness (QED) is 0.614. The first-order chi connectivity index (χ1) is 7.70. The molecule has 88 valence electrons. The fourth-order valence-corrected chi connectivity index (χ4v) is 1.28. The van der Waals surface area contributed by atoms with Crippen molar-refractivity contribution in [2.24, 2.45) is 0 Å². The molecule has 0 unspecified atom stereocenters. The van der Waals surface area contributed by atoms with Gasteiger partial charge in [0.15, 0.2) is 0 Å². The smallest absolute Gasteiger partial charge is 0.340 e. The first kappa shape index (κ1) is 12.4. The lowest BCUT2D eigenvalue weighted by atomic mass is 10.1.